The fraction of sp³-hybridized carbons (Fsp3) is 0.625. The van der Waals surface area contributed by atoms with Crippen LogP contribution < -0.4 is 10.6 Å². The normalized spacial score (nSPS) is 15.6. The average Bonchev–Trinajstić information content (AvgIpc) is 3.48. The van der Waals surface area contributed by atoms with E-state index in [-0.39, 0.29) is 30.0 Å². The van der Waals surface area contributed by atoms with E-state index in [2.05, 4.69) is 81.4 Å². The molecule has 7 nitrogen and oxygen atoms in total. The Morgan fingerprint density at radius 2 is 1.88 bits per heavy atom. The van der Waals surface area contributed by atoms with Gasteiger partial charge in [0.05, 0.1) is 12.6 Å². The summed E-state index contributed by atoms with van der Waals surface area (Å²) in [5, 5.41) is 15.5. The number of aliphatic imine (C=N–C) groups is 1. The molecule has 0 amide bonds. The summed E-state index contributed by atoms with van der Waals surface area (Å²) in [5.41, 5.74) is 1.33. The van der Waals surface area contributed by atoms with Crippen LogP contribution >= 0.6 is 24.0 Å². The van der Waals surface area contributed by atoms with Crippen molar-refractivity contribution in [3.63, 3.8) is 0 Å². The number of hydrogen-bond acceptors (Lipinski definition) is 4. The van der Waals surface area contributed by atoms with Crippen LogP contribution in [0.5, 0.6) is 0 Å². The van der Waals surface area contributed by atoms with Gasteiger partial charge in [-0.05, 0) is 31.5 Å². The lowest BCUT2D eigenvalue weighted by Crippen LogP contribution is -2.44. The van der Waals surface area contributed by atoms with Crippen molar-refractivity contribution in [3.05, 3.63) is 48.0 Å². The van der Waals surface area contributed by atoms with Crippen molar-refractivity contribution in [1.29, 1.82) is 0 Å². The number of likely N-dealkylation sites (N-methyl/N-ethyl adjacent to an activating group) is 1. The van der Waals surface area contributed by atoms with Gasteiger partial charge in [-0.25, -0.2) is 0 Å². The van der Waals surface area contributed by atoms with Crippen molar-refractivity contribution in [2.45, 2.75) is 71.5 Å². The SMILES string of the molecule is CCc1nncn1CCNC(=NCC(c1ccccc1)N(CC)CC)NC1CCCC1.I. The van der Waals surface area contributed by atoms with E-state index in [9.17, 15) is 0 Å². The lowest BCUT2D eigenvalue weighted by molar-refractivity contribution is 0.224. The second-order valence-corrected chi connectivity index (χ2v) is 8.18. The highest BCUT2D eigenvalue weighted by Gasteiger charge is 2.19. The van der Waals surface area contributed by atoms with Gasteiger partial charge in [-0.3, -0.25) is 9.89 Å². The third kappa shape index (κ3) is 7.72. The molecule has 1 heterocycles. The molecule has 0 spiro atoms. The summed E-state index contributed by atoms with van der Waals surface area (Å²) in [7, 11) is 0. The minimum atomic E-state index is 0. The van der Waals surface area contributed by atoms with Crippen LogP contribution in [0.1, 0.15) is 63.9 Å². The lowest BCUT2D eigenvalue weighted by Gasteiger charge is -2.29. The molecule has 8 heteroatoms. The van der Waals surface area contributed by atoms with Gasteiger partial charge in [-0.2, -0.15) is 0 Å². The number of aromatic nitrogens is 3. The molecule has 1 unspecified atom stereocenters. The Hall–Kier alpha value is -1.68. The number of nitrogens with zero attached hydrogens (tertiary/aromatic N) is 5. The van der Waals surface area contributed by atoms with Crippen LogP contribution in [0.2, 0.25) is 0 Å². The minimum absolute atomic E-state index is 0. The van der Waals surface area contributed by atoms with Gasteiger partial charge in [0.2, 0.25) is 0 Å². The van der Waals surface area contributed by atoms with E-state index in [0.717, 1.165) is 50.9 Å². The molecule has 1 fully saturated rings. The van der Waals surface area contributed by atoms with Crippen molar-refractivity contribution in [2.75, 3.05) is 26.2 Å². The Morgan fingerprint density at radius 3 is 2.53 bits per heavy atom. The molecule has 2 N–H and O–H groups in total. The largest absolute Gasteiger partial charge is 0.355 e. The van der Waals surface area contributed by atoms with Crippen LogP contribution in [0.25, 0.3) is 0 Å². The van der Waals surface area contributed by atoms with Crippen molar-refractivity contribution in [1.82, 2.24) is 30.3 Å². The maximum absolute atomic E-state index is 5.05. The summed E-state index contributed by atoms with van der Waals surface area (Å²) >= 11 is 0. The Labute approximate surface area is 210 Å². The fourth-order valence-corrected chi connectivity index (χ4v) is 4.40. The molecule has 0 aliphatic heterocycles. The van der Waals surface area contributed by atoms with E-state index in [0.29, 0.717) is 6.04 Å². The Bertz CT molecular complexity index is 783. The van der Waals surface area contributed by atoms with Gasteiger partial charge in [0.25, 0.3) is 0 Å². The standard InChI is InChI=1S/C24H39N7.HI/c1-4-23-29-27-19-31(23)17-16-25-24(28-21-14-10-11-15-21)26-18-22(30(5-2)6-3)20-12-8-7-9-13-20;/h7-9,12-13,19,21-22H,4-6,10-11,14-18H2,1-3H3,(H2,25,26,28);1H. The number of halogens is 1. The molecule has 2 aromatic rings. The number of aryl methyl sites for hydroxylation is 1. The zero-order valence-electron chi connectivity index (χ0n) is 19.8. The highest BCUT2D eigenvalue weighted by atomic mass is 127. The van der Waals surface area contributed by atoms with E-state index in [1.165, 1.54) is 31.2 Å². The molecule has 0 saturated heterocycles. The highest BCUT2D eigenvalue weighted by molar-refractivity contribution is 14.0. The first kappa shape index (κ1) is 26.6. The van der Waals surface area contributed by atoms with Crippen LogP contribution in [0.4, 0.5) is 0 Å². The zero-order chi connectivity index (χ0) is 21.9. The molecule has 32 heavy (non-hydrogen) atoms. The van der Waals surface area contributed by atoms with Crippen LogP contribution in [0, 0.1) is 0 Å². The molecule has 1 aliphatic carbocycles. The number of nitrogens with one attached hydrogen (secondary N) is 2. The molecule has 0 bridgehead atoms. The van der Waals surface area contributed by atoms with Crippen LogP contribution in [-0.2, 0) is 13.0 Å². The first-order chi connectivity index (χ1) is 15.2. The van der Waals surface area contributed by atoms with Crippen molar-refractivity contribution >= 4 is 29.9 Å². The third-order valence-electron chi connectivity index (χ3n) is 6.21. The summed E-state index contributed by atoms with van der Waals surface area (Å²) in [5.74, 6) is 1.95. The third-order valence-corrected chi connectivity index (χ3v) is 6.21. The van der Waals surface area contributed by atoms with E-state index >= 15 is 0 Å². The second kappa shape index (κ2) is 14.5. The van der Waals surface area contributed by atoms with Gasteiger partial charge in [-0.15, -0.1) is 34.2 Å². The monoisotopic (exact) mass is 553 g/mol. The van der Waals surface area contributed by atoms with Crippen molar-refractivity contribution in [2.24, 2.45) is 4.99 Å². The Balaban J connectivity index is 0.00000363. The smallest absolute Gasteiger partial charge is 0.191 e. The molecule has 1 aromatic heterocycles. The first-order valence-electron chi connectivity index (χ1n) is 12.0. The predicted molar refractivity (Wildman–Crippen MR) is 143 cm³/mol. The first-order valence-corrected chi connectivity index (χ1v) is 12.0. The number of benzene rings is 1. The molecule has 3 rings (SSSR count). The second-order valence-electron chi connectivity index (χ2n) is 8.18. The van der Waals surface area contributed by atoms with Crippen molar-refractivity contribution in [3.8, 4) is 0 Å². The van der Waals surface area contributed by atoms with Crippen molar-refractivity contribution < 1.29 is 0 Å². The van der Waals surface area contributed by atoms with Gasteiger partial charge in [-0.1, -0.05) is 63.9 Å². The number of hydrogen-bond donors (Lipinski definition) is 2. The average molecular weight is 554 g/mol. The van der Waals surface area contributed by atoms with E-state index in [1.807, 2.05) is 6.33 Å². The van der Waals surface area contributed by atoms with Gasteiger partial charge in [0.1, 0.15) is 12.2 Å². The predicted octanol–water partition coefficient (Wildman–Crippen LogP) is 4.02. The molecular weight excluding hydrogens is 513 g/mol. The quantitative estimate of drug-likeness (QED) is 0.250. The Morgan fingerprint density at radius 1 is 1.16 bits per heavy atom. The summed E-state index contributed by atoms with van der Waals surface area (Å²) < 4.78 is 2.11. The zero-order valence-corrected chi connectivity index (χ0v) is 22.2. The van der Waals surface area contributed by atoms with Gasteiger partial charge < -0.3 is 15.2 Å². The van der Waals surface area contributed by atoms with E-state index in [4.69, 9.17) is 4.99 Å². The van der Waals surface area contributed by atoms with Crippen LogP contribution in [0.15, 0.2) is 41.7 Å². The van der Waals surface area contributed by atoms with Gasteiger partial charge in [0, 0.05) is 25.6 Å². The molecule has 0 radical (unpaired) electrons. The summed E-state index contributed by atoms with van der Waals surface area (Å²) in [6, 6.07) is 11.6. The summed E-state index contributed by atoms with van der Waals surface area (Å²) in [6.07, 6.45) is 7.77. The molecule has 178 valence electrons. The van der Waals surface area contributed by atoms with Crippen LogP contribution in [0.3, 0.4) is 0 Å². The summed E-state index contributed by atoms with van der Waals surface area (Å²) in [4.78, 5) is 7.54. The van der Waals surface area contributed by atoms with E-state index < -0.39 is 0 Å². The fourth-order valence-electron chi connectivity index (χ4n) is 4.40. The topological polar surface area (TPSA) is 70.4 Å². The lowest BCUT2D eigenvalue weighted by atomic mass is 10.1. The molecule has 1 aromatic carbocycles. The van der Waals surface area contributed by atoms with E-state index in [1.54, 1.807) is 0 Å². The molecule has 1 atom stereocenters. The van der Waals surface area contributed by atoms with Crippen LogP contribution in [-0.4, -0.2) is 57.8 Å². The maximum Gasteiger partial charge on any atom is 0.191 e. The summed E-state index contributed by atoms with van der Waals surface area (Å²) in [6.45, 7) is 11.0. The highest BCUT2D eigenvalue weighted by Crippen LogP contribution is 2.21. The van der Waals surface area contributed by atoms with Gasteiger partial charge in [0.15, 0.2) is 5.96 Å². The molecule has 1 aliphatic rings. The Kier molecular flexibility index (Phi) is 12.0. The molecular formula is C24H40IN7. The van der Waals surface area contributed by atoms with Gasteiger partial charge >= 0.3 is 0 Å². The number of guanidine groups is 1. The molecule has 1 saturated carbocycles. The minimum Gasteiger partial charge on any atom is -0.355 e. The number of rotatable bonds is 11. The maximum atomic E-state index is 5.05.